The molecule has 1 aliphatic rings. The smallest absolute Gasteiger partial charge is 0.254 e. The van der Waals surface area contributed by atoms with Crippen LogP contribution in [0.1, 0.15) is 39.9 Å². The van der Waals surface area contributed by atoms with Crippen molar-refractivity contribution in [3.63, 3.8) is 0 Å². The monoisotopic (exact) mass is 428 g/mol. The lowest BCUT2D eigenvalue weighted by Crippen LogP contribution is -2.43. The summed E-state index contributed by atoms with van der Waals surface area (Å²) in [5, 5.41) is 2.89. The Labute approximate surface area is 182 Å². The normalized spacial score (nSPS) is 14.3. The minimum atomic E-state index is -0.275. The van der Waals surface area contributed by atoms with Crippen molar-refractivity contribution in [3.8, 4) is 11.5 Å². The maximum absolute atomic E-state index is 13.7. The molecule has 0 aliphatic carbocycles. The minimum absolute atomic E-state index is 0.0632. The number of aryl methyl sites for hydroxylation is 1. The molecule has 1 saturated heterocycles. The summed E-state index contributed by atoms with van der Waals surface area (Å²) in [6, 6.07) is 8.40. The van der Waals surface area contributed by atoms with Crippen LogP contribution < -0.4 is 14.8 Å². The van der Waals surface area contributed by atoms with E-state index in [0.717, 1.165) is 11.1 Å². The fraction of sp³-hybridized carbons (Fsp3) is 0.417. The molecule has 7 heteroatoms. The fourth-order valence-electron chi connectivity index (χ4n) is 3.82. The van der Waals surface area contributed by atoms with E-state index in [-0.39, 0.29) is 30.1 Å². The summed E-state index contributed by atoms with van der Waals surface area (Å²) < 4.78 is 24.4. The second-order valence-corrected chi connectivity index (χ2v) is 7.87. The number of rotatable bonds is 6. The number of halogens is 1. The number of ether oxygens (including phenoxy) is 2. The molecule has 0 radical (unpaired) electrons. The Morgan fingerprint density at radius 3 is 2.23 bits per heavy atom. The van der Waals surface area contributed by atoms with E-state index in [2.05, 4.69) is 5.32 Å². The average Bonchev–Trinajstić information content (AvgIpc) is 2.79. The molecule has 2 amide bonds. The van der Waals surface area contributed by atoms with Crippen LogP contribution in [-0.2, 0) is 11.3 Å². The van der Waals surface area contributed by atoms with E-state index in [1.807, 2.05) is 13.0 Å². The standard InChI is InChI=1S/C24H29FN2O4/c1-15-5-6-17(11-20(15)25)14-26-23(28)18-7-9-27(10-8-18)24(29)19-12-21(30-3)16(2)22(13-19)31-4/h5-6,11-13,18H,7-10,14H2,1-4H3,(H,26,28). The van der Waals surface area contributed by atoms with Crippen molar-refractivity contribution in [2.24, 2.45) is 5.92 Å². The number of methoxy groups -OCH3 is 2. The predicted octanol–water partition coefficient (Wildman–Crippen LogP) is 3.63. The molecule has 0 atom stereocenters. The topological polar surface area (TPSA) is 67.9 Å². The van der Waals surface area contributed by atoms with Gasteiger partial charge in [0.1, 0.15) is 17.3 Å². The second-order valence-electron chi connectivity index (χ2n) is 7.87. The first kappa shape index (κ1) is 22.6. The molecule has 0 aromatic heterocycles. The van der Waals surface area contributed by atoms with Crippen LogP contribution in [0.5, 0.6) is 11.5 Å². The Morgan fingerprint density at radius 1 is 1.06 bits per heavy atom. The van der Waals surface area contributed by atoms with Crippen molar-refractivity contribution < 1.29 is 23.5 Å². The number of carbonyl (C=O) groups excluding carboxylic acids is 2. The van der Waals surface area contributed by atoms with Gasteiger partial charge in [0.15, 0.2) is 0 Å². The Bertz CT molecular complexity index is 943. The quantitative estimate of drug-likeness (QED) is 0.763. The summed E-state index contributed by atoms with van der Waals surface area (Å²) in [6.45, 7) is 4.86. The number of hydrogen-bond donors (Lipinski definition) is 1. The van der Waals surface area contributed by atoms with Gasteiger partial charge in [0.05, 0.1) is 14.2 Å². The van der Waals surface area contributed by atoms with Crippen molar-refractivity contribution >= 4 is 11.8 Å². The molecule has 1 aliphatic heterocycles. The molecule has 0 bridgehead atoms. The van der Waals surface area contributed by atoms with E-state index >= 15 is 0 Å². The van der Waals surface area contributed by atoms with Gasteiger partial charge >= 0.3 is 0 Å². The molecule has 1 N–H and O–H groups in total. The van der Waals surface area contributed by atoms with Crippen molar-refractivity contribution in [2.45, 2.75) is 33.2 Å². The number of likely N-dealkylation sites (tertiary alicyclic amines) is 1. The zero-order valence-electron chi connectivity index (χ0n) is 18.5. The minimum Gasteiger partial charge on any atom is -0.496 e. The average molecular weight is 429 g/mol. The molecule has 6 nitrogen and oxygen atoms in total. The Morgan fingerprint density at radius 2 is 1.68 bits per heavy atom. The van der Waals surface area contributed by atoms with E-state index < -0.39 is 0 Å². The first-order valence-electron chi connectivity index (χ1n) is 10.4. The fourth-order valence-corrected chi connectivity index (χ4v) is 3.82. The highest BCUT2D eigenvalue weighted by molar-refractivity contribution is 5.95. The number of amides is 2. The lowest BCUT2D eigenvalue weighted by atomic mass is 9.95. The number of hydrogen-bond acceptors (Lipinski definition) is 4. The van der Waals surface area contributed by atoms with Crippen molar-refractivity contribution in [1.29, 1.82) is 0 Å². The summed E-state index contributed by atoms with van der Waals surface area (Å²) in [4.78, 5) is 27.3. The molecule has 2 aromatic rings. The summed E-state index contributed by atoms with van der Waals surface area (Å²) >= 11 is 0. The van der Waals surface area contributed by atoms with Crippen LogP contribution >= 0.6 is 0 Å². The molecular weight excluding hydrogens is 399 g/mol. The zero-order chi connectivity index (χ0) is 22.5. The Hall–Kier alpha value is -3.09. The van der Waals surface area contributed by atoms with E-state index in [9.17, 15) is 14.0 Å². The van der Waals surface area contributed by atoms with Gasteiger partial charge in [-0.05, 0) is 56.0 Å². The van der Waals surface area contributed by atoms with Crippen LogP contribution in [-0.4, -0.2) is 44.0 Å². The third-order valence-electron chi connectivity index (χ3n) is 5.86. The summed E-state index contributed by atoms with van der Waals surface area (Å²) in [7, 11) is 3.12. The van der Waals surface area contributed by atoms with Crippen molar-refractivity contribution in [3.05, 3.63) is 58.4 Å². The number of benzene rings is 2. The number of carbonyl (C=O) groups is 2. The molecule has 1 fully saturated rings. The van der Waals surface area contributed by atoms with Crippen LogP contribution in [0.15, 0.2) is 30.3 Å². The van der Waals surface area contributed by atoms with Gasteiger partial charge in [-0.2, -0.15) is 0 Å². The second kappa shape index (κ2) is 9.81. The molecule has 3 rings (SSSR count). The molecule has 0 saturated carbocycles. The zero-order valence-corrected chi connectivity index (χ0v) is 18.5. The van der Waals surface area contributed by atoms with Crippen molar-refractivity contribution in [2.75, 3.05) is 27.3 Å². The van der Waals surface area contributed by atoms with Gasteiger partial charge in [-0.3, -0.25) is 9.59 Å². The molecule has 1 heterocycles. The van der Waals surface area contributed by atoms with Gasteiger partial charge in [-0.1, -0.05) is 12.1 Å². The molecule has 31 heavy (non-hydrogen) atoms. The molecular formula is C24H29FN2O4. The third-order valence-corrected chi connectivity index (χ3v) is 5.86. The summed E-state index contributed by atoms with van der Waals surface area (Å²) in [5.74, 6) is 0.593. The highest BCUT2D eigenvalue weighted by Crippen LogP contribution is 2.30. The largest absolute Gasteiger partial charge is 0.496 e. The van der Waals surface area contributed by atoms with Crippen LogP contribution in [0.2, 0.25) is 0 Å². The van der Waals surface area contributed by atoms with E-state index in [4.69, 9.17) is 9.47 Å². The third kappa shape index (κ3) is 5.16. The van der Waals surface area contributed by atoms with Gasteiger partial charge in [0.25, 0.3) is 5.91 Å². The Kier molecular flexibility index (Phi) is 7.15. The summed E-state index contributed by atoms with van der Waals surface area (Å²) in [6.07, 6.45) is 1.17. The van der Waals surface area contributed by atoms with Crippen LogP contribution in [0, 0.1) is 25.6 Å². The lowest BCUT2D eigenvalue weighted by Gasteiger charge is -2.31. The highest BCUT2D eigenvalue weighted by Gasteiger charge is 2.28. The molecule has 2 aromatic carbocycles. The van der Waals surface area contributed by atoms with Crippen molar-refractivity contribution in [1.82, 2.24) is 10.2 Å². The first-order chi connectivity index (χ1) is 14.8. The van der Waals surface area contributed by atoms with Gasteiger partial charge in [-0.25, -0.2) is 4.39 Å². The van der Waals surface area contributed by atoms with Gasteiger partial charge in [0, 0.05) is 36.7 Å². The van der Waals surface area contributed by atoms with Gasteiger partial charge in [0.2, 0.25) is 5.91 Å². The molecule has 0 spiro atoms. The molecule has 166 valence electrons. The lowest BCUT2D eigenvalue weighted by molar-refractivity contribution is -0.126. The number of nitrogens with zero attached hydrogens (tertiary/aromatic N) is 1. The van der Waals surface area contributed by atoms with Crippen LogP contribution in [0.3, 0.4) is 0 Å². The number of nitrogens with one attached hydrogen (secondary N) is 1. The van der Waals surface area contributed by atoms with Crippen LogP contribution in [0.4, 0.5) is 4.39 Å². The van der Waals surface area contributed by atoms with Gasteiger partial charge in [-0.15, -0.1) is 0 Å². The Balaban J connectivity index is 1.57. The SMILES string of the molecule is COc1cc(C(=O)N2CCC(C(=O)NCc3ccc(C)c(F)c3)CC2)cc(OC)c1C. The highest BCUT2D eigenvalue weighted by atomic mass is 19.1. The first-order valence-corrected chi connectivity index (χ1v) is 10.4. The van der Waals surface area contributed by atoms with E-state index in [0.29, 0.717) is 48.6 Å². The maximum atomic E-state index is 13.7. The number of piperidine rings is 1. The van der Waals surface area contributed by atoms with Crippen LogP contribution in [0.25, 0.3) is 0 Å². The molecule has 0 unspecified atom stereocenters. The predicted molar refractivity (Wildman–Crippen MR) is 116 cm³/mol. The maximum Gasteiger partial charge on any atom is 0.254 e. The van der Waals surface area contributed by atoms with Gasteiger partial charge < -0.3 is 19.7 Å². The summed E-state index contributed by atoms with van der Waals surface area (Å²) in [5.41, 5.74) is 2.65. The van der Waals surface area contributed by atoms with E-state index in [1.165, 1.54) is 6.07 Å². The van der Waals surface area contributed by atoms with E-state index in [1.54, 1.807) is 44.2 Å².